The number of aryl methyl sites for hydroxylation is 1. The van der Waals surface area contributed by atoms with Gasteiger partial charge in [-0.2, -0.15) is 0 Å². The highest BCUT2D eigenvalue weighted by Crippen LogP contribution is 2.53. The number of furan rings is 1. The number of rotatable bonds is 2. The van der Waals surface area contributed by atoms with Gasteiger partial charge in [0.05, 0.1) is 11.4 Å². The van der Waals surface area contributed by atoms with Gasteiger partial charge in [-0.3, -0.25) is 0 Å². The molecule has 0 saturated carbocycles. The van der Waals surface area contributed by atoms with E-state index in [0.717, 1.165) is 41.2 Å². The summed E-state index contributed by atoms with van der Waals surface area (Å²) in [6, 6.07) is 35.3. The van der Waals surface area contributed by atoms with Crippen molar-refractivity contribution in [2.24, 2.45) is 0 Å². The summed E-state index contributed by atoms with van der Waals surface area (Å²) < 4.78 is 8.94. The lowest BCUT2D eigenvalue weighted by molar-refractivity contribution is 0.669. The Kier molecular flexibility index (Phi) is 4.91. The van der Waals surface area contributed by atoms with E-state index in [-0.39, 0.29) is 0 Å². The number of allylic oxidation sites excluding steroid dienone is 3. The molecule has 5 aromatic carbocycles. The highest BCUT2D eigenvalue weighted by Gasteiger charge is 2.31. The molecule has 3 heterocycles. The third kappa shape index (κ3) is 3.36. The SMILES string of the molecule is Cc1cccc(N2C3=CCCC=C(C3)c3c2ccc2c3sc3ccccc32)c1-c1ccc2oc3ccccc3c2c1. The maximum atomic E-state index is 6.18. The molecule has 3 heteroatoms. The van der Waals surface area contributed by atoms with Crippen LogP contribution in [0.25, 0.3) is 58.8 Å². The third-order valence-corrected chi connectivity index (χ3v) is 10.0. The minimum atomic E-state index is 0.932. The Balaban J connectivity index is 1.32. The fraction of sp³-hybridized carbons (Fsp3) is 0.105. The van der Waals surface area contributed by atoms with E-state index in [1.165, 1.54) is 65.1 Å². The van der Waals surface area contributed by atoms with Crippen LogP contribution in [0.2, 0.25) is 0 Å². The molecular formula is C38H27NOS. The van der Waals surface area contributed by atoms with Crippen molar-refractivity contribution in [2.75, 3.05) is 4.90 Å². The predicted octanol–water partition coefficient (Wildman–Crippen LogP) is 11.5. The van der Waals surface area contributed by atoms with Gasteiger partial charge in [0.1, 0.15) is 11.2 Å². The average molecular weight is 546 g/mol. The lowest BCUT2D eigenvalue weighted by Gasteiger charge is -2.36. The van der Waals surface area contributed by atoms with E-state index < -0.39 is 0 Å². The van der Waals surface area contributed by atoms with Crippen LogP contribution in [0.3, 0.4) is 0 Å². The fourth-order valence-electron chi connectivity index (χ4n) is 7.02. The van der Waals surface area contributed by atoms with Crippen molar-refractivity contribution >= 4 is 70.4 Å². The van der Waals surface area contributed by atoms with Gasteiger partial charge in [0.15, 0.2) is 0 Å². The van der Waals surface area contributed by atoms with Gasteiger partial charge in [-0.15, -0.1) is 11.3 Å². The number of hydrogen-bond acceptors (Lipinski definition) is 3. The van der Waals surface area contributed by atoms with Gasteiger partial charge in [-0.05, 0) is 72.9 Å². The molecule has 1 aliphatic carbocycles. The predicted molar refractivity (Wildman–Crippen MR) is 175 cm³/mol. The molecule has 196 valence electrons. The van der Waals surface area contributed by atoms with E-state index in [1.54, 1.807) is 0 Å². The van der Waals surface area contributed by atoms with Crippen molar-refractivity contribution < 1.29 is 4.42 Å². The van der Waals surface area contributed by atoms with Gasteiger partial charge in [0, 0.05) is 54.2 Å². The number of nitrogens with zero attached hydrogens (tertiary/aromatic N) is 1. The Hall–Kier alpha value is -4.60. The Morgan fingerprint density at radius 3 is 2.41 bits per heavy atom. The second kappa shape index (κ2) is 8.70. The van der Waals surface area contributed by atoms with Crippen LogP contribution in [-0.2, 0) is 0 Å². The summed E-state index contributed by atoms with van der Waals surface area (Å²) in [6.07, 6.45) is 8.05. The van der Waals surface area contributed by atoms with E-state index in [1.807, 2.05) is 17.4 Å². The standard InChI is InChI=1S/C38H27NOS/c1-23-9-8-14-31(36(23)25-17-20-34-30(22-25)27-12-4-6-15-33(27)40-34)39-26-11-3-2-10-24(21-26)37-32(39)19-18-29-28-13-5-7-16-35(28)41-38(29)37/h4-20,22H,2-3,21H2,1H3. The van der Waals surface area contributed by atoms with E-state index in [9.17, 15) is 0 Å². The quantitative estimate of drug-likeness (QED) is 0.215. The topological polar surface area (TPSA) is 16.4 Å². The largest absolute Gasteiger partial charge is 0.456 e. The highest BCUT2D eigenvalue weighted by molar-refractivity contribution is 7.26. The second-order valence-electron chi connectivity index (χ2n) is 11.2. The normalized spacial score (nSPS) is 14.9. The van der Waals surface area contributed by atoms with Crippen molar-refractivity contribution in [2.45, 2.75) is 26.2 Å². The summed E-state index contributed by atoms with van der Waals surface area (Å²) in [4.78, 5) is 2.56. The zero-order chi connectivity index (χ0) is 27.1. The monoisotopic (exact) mass is 545 g/mol. The van der Waals surface area contributed by atoms with Gasteiger partial charge in [-0.25, -0.2) is 0 Å². The molecule has 2 bridgehead atoms. The van der Waals surface area contributed by atoms with Gasteiger partial charge in [-0.1, -0.05) is 72.8 Å². The third-order valence-electron chi connectivity index (χ3n) is 8.84. The highest BCUT2D eigenvalue weighted by atomic mass is 32.1. The van der Waals surface area contributed by atoms with Crippen molar-refractivity contribution in [1.29, 1.82) is 0 Å². The molecule has 41 heavy (non-hydrogen) atoms. The van der Waals surface area contributed by atoms with E-state index in [2.05, 4.69) is 115 Å². The Morgan fingerprint density at radius 2 is 1.46 bits per heavy atom. The molecule has 0 spiro atoms. The average Bonchev–Trinajstić information content (AvgIpc) is 3.49. The molecule has 0 fully saturated rings. The molecule has 2 aliphatic rings. The molecule has 0 unspecified atom stereocenters. The summed E-state index contributed by atoms with van der Waals surface area (Å²) in [6.45, 7) is 2.24. The number of thiophene rings is 1. The van der Waals surface area contributed by atoms with E-state index in [0.29, 0.717) is 0 Å². The molecule has 0 amide bonds. The van der Waals surface area contributed by atoms with Crippen LogP contribution in [0, 0.1) is 6.92 Å². The zero-order valence-electron chi connectivity index (χ0n) is 22.8. The van der Waals surface area contributed by atoms with Gasteiger partial charge in [0.25, 0.3) is 0 Å². The number of anilines is 2. The maximum Gasteiger partial charge on any atom is 0.135 e. The maximum absolute atomic E-state index is 6.18. The molecule has 7 aromatic rings. The molecule has 0 saturated heterocycles. The Bertz CT molecular complexity index is 2260. The van der Waals surface area contributed by atoms with Crippen LogP contribution in [0.15, 0.2) is 119 Å². The van der Waals surface area contributed by atoms with E-state index in [4.69, 9.17) is 4.42 Å². The number of hydrogen-bond donors (Lipinski definition) is 0. The van der Waals surface area contributed by atoms with Crippen LogP contribution in [0.5, 0.6) is 0 Å². The van der Waals surface area contributed by atoms with Crippen molar-refractivity contribution in [3.05, 3.63) is 126 Å². The van der Waals surface area contributed by atoms with Crippen molar-refractivity contribution in [1.82, 2.24) is 0 Å². The summed E-state index contributed by atoms with van der Waals surface area (Å²) >= 11 is 1.93. The first-order valence-corrected chi connectivity index (χ1v) is 15.2. The summed E-state index contributed by atoms with van der Waals surface area (Å²) in [5, 5.41) is 5.05. The molecule has 1 aliphatic heterocycles. The summed E-state index contributed by atoms with van der Waals surface area (Å²) in [7, 11) is 0. The van der Waals surface area contributed by atoms with Gasteiger partial charge in [0.2, 0.25) is 0 Å². The van der Waals surface area contributed by atoms with Crippen LogP contribution in [-0.4, -0.2) is 0 Å². The minimum absolute atomic E-state index is 0.932. The zero-order valence-corrected chi connectivity index (χ0v) is 23.6. The fourth-order valence-corrected chi connectivity index (χ4v) is 8.30. The van der Waals surface area contributed by atoms with Crippen LogP contribution < -0.4 is 4.90 Å². The molecule has 2 aromatic heterocycles. The lowest BCUT2D eigenvalue weighted by Crippen LogP contribution is -2.23. The summed E-state index contributed by atoms with van der Waals surface area (Å²) in [5.41, 5.74) is 12.4. The first kappa shape index (κ1) is 23.1. The molecule has 0 atom stereocenters. The molecule has 9 rings (SSSR count). The van der Waals surface area contributed by atoms with Crippen LogP contribution in [0.1, 0.15) is 30.4 Å². The molecule has 2 nitrogen and oxygen atoms in total. The first-order valence-electron chi connectivity index (χ1n) is 14.4. The first-order chi connectivity index (χ1) is 20.2. The second-order valence-corrected chi connectivity index (χ2v) is 12.3. The molecule has 0 radical (unpaired) electrons. The number of benzene rings is 5. The number of fused-ring (bicyclic) bond motifs is 11. The lowest BCUT2D eigenvalue weighted by atomic mass is 9.89. The van der Waals surface area contributed by atoms with Crippen LogP contribution in [0.4, 0.5) is 11.4 Å². The van der Waals surface area contributed by atoms with E-state index >= 15 is 0 Å². The molecule has 0 N–H and O–H groups in total. The van der Waals surface area contributed by atoms with Crippen molar-refractivity contribution in [3.8, 4) is 11.1 Å². The van der Waals surface area contributed by atoms with Crippen molar-refractivity contribution in [3.63, 3.8) is 0 Å². The Labute approximate surface area is 242 Å². The molecular weight excluding hydrogens is 518 g/mol. The number of para-hydroxylation sites is 1. The van der Waals surface area contributed by atoms with Gasteiger partial charge < -0.3 is 9.32 Å². The summed E-state index contributed by atoms with van der Waals surface area (Å²) in [5.74, 6) is 0. The Morgan fingerprint density at radius 1 is 0.659 bits per heavy atom. The van der Waals surface area contributed by atoms with Crippen LogP contribution >= 0.6 is 11.3 Å². The minimum Gasteiger partial charge on any atom is -0.456 e. The van der Waals surface area contributed by atoms with Gasteiger partial charge >= 0.3 is 0 Å². The smallest absolute Gasteiger partial charge is 0.135 e.